The number of carbonyl (C=O) groups is 2. The van der Waals surface area contributed by atoms with Crippen LogP contribution in [0.1, 0.15) is 20.3 Å². The lowest BCUT2D eigenvalue weighted by molar-refractivity contribution is -0.141. The van der Waals surface area contributed by atoms with Crippen molar-refractivity contribution >= 4 is 21.8 Å². The minimum Gasteiger partial charge on any atom is -0.463 e. The third-order valence-corrected chi connectivity index (χ3v) is 3.38. The van der Waals surface area contributed by atoms with Crippen LogP contribution in [0, 0.1) is 0 Å². The summed E-state index contributed by atoms with van der Waals surface area (Å²) in [6, 6.07) is 0. The summed E-state index contributed by atoms with van der Waals surface area (Å²) in [4.78, 5) is 22.3. The van der Waals surface area contributed by atoms with Gasteiger partial charge in [-0.25, -0.2) is 18.0 Å². The molecule has 0 spiro atoms. The summed E-state index contributed by atoms with van der Waals surface area (Å²) in [5.74, 6) is -1.41. The molecule has 0 saturated heterocycles. The van der Waals surface area contributed by atoms with Gasteiger partial charge in [-0.15, -0.1) is 0 Å². The lowest BCUT2D eigenvalue weighted by Crippen LogP contribution is -2.10. The third kappa shape index (κ3) is 8.15. The van der Waals surface area contributed by atoms with Crippen LogP contribution in [0.15, 0.2) is 23.6 Å². The molecule has 0 aliphatic heterocycles. The van der Waals surface area contributed by atoms with Crippen LogP contribution in [0.3, 0.4) is 0 Å². The summed E-state index contributed by atoms with van der Waals surface area (Å²) >= 11 is 0. The Kier molecular flexibility index (Phi) is 7.74. The van der Waals surface area contributed by atoms with Crippen molar-refractivity contribution in [2.75, 3.05) is 19.0 Å². The first-order chi connectivity index (χ1) is 8.82. The van der Waals surface area contributed by atoms with Crippen molar-refractivity contribution in [3.8, 4) is 0 Å². The van der Waals surface area contributed by atoms with E-state index in [1.807, 2.05) is 0 Å². The lowest BCUT2D eigenvalue weighted by atomic mass is 10.2. The minimum atomic E-state index is -3.35. The highest BCUT2D eigenvalue weighted by atomic mass is 32.2. The summed E-state index contributed by atoms with van der Waals surface area (Å²) in [7, 11) is -3.35. The highest BCUT2D eigenvalue weighted by molar-refractivity contribution is 7.94. The zero-order valence-corrected chi connectivity index (χ0v) is 11.9. The van der Waals surface area contributed by atoms with Crippen molar-refractivity contribution in [1.29, 1.82) is 0 Å². The summed E-state index contributed by atoms with van der Waals surface area (Å²) in [6.45, 7) is 6.81. The number of esters is 2. The molecule has 108 valence electrons. The van der Waals surface area contributed by atoms with Crippen LogP contribution in [0.25, 0.3) is 0 Å². The normalized spacial score (nSPS) is 11.3. The molecule has 0 bridgehead atoms. The summed E-state index contributed by atoms with van der Waals surface area (Å²) < 4.78 is 31.6. The van der Waals surface area contributed by atoms with E-state index in [0.717, 1.165) is 11.5 Å². The monoisotopic (exact) mass is 290 g/mol. The molecule has 0 heterocycles. The first kappa shape index (κ1) is 17.4. The predicted octanol–water partition coefficient (Wildman–Crippen LogP) is 0.987. The SMILES string of the molecule is C=C(CCOC(=O)C=CS(=O)(=O)CC)C(=O)OCC. The molecular formula is C12H18O6S. The lowest BCUT2D eigenvalue weighted by Gasteiger charge is -2.05. The average Bonchev–Trinajstić information content (AvgIpc) is 2.36. The van der Waals surface area contributed by atoms with E-state index in [0.29, 0.717) is 0 Å². The number of sulfone groups is 1. The van der Waals surface area contributed by atoms with Gasteiger partial charge in [0.1, 0.15) is 0 Å². The minimum absolute atomic E-state index is 0.0625. The Morgan fingerprint density at radius 2 is 1.84 bits per heavy atom. The Hall–Kier alpha value is -1.63. The molecule has 0 atom stereocenters. The molecule has 19 heavy (non-hydrogen) atoms. The molecule has 0 amide bonds. The highest BCUT2D eigenvalue weighted by Crippen LogP contribution is 2.02. The van der Waals surface area contributed by atoms with Gasteiger partial charge in [0.05, 0.1) is 19.0 Å². The molecule has 0 aromatic carbocycles. The van der Waals surface area contributed by atoms with E-state index in [-0.39, 0.29) is 31.0 Å². The maximum atomic E-state index is 11.2. The van der Waals surface area contributed by atoms with Gasteiger partial charge >= 0.3 is 11.9 Å². The fourth-order valence-electron chi connectivity index (χ4n) is 0.914. The van der Waals surface area contributed by atoms with E-state index < -0.39 is 21.8 Å². The molecule has 0 aromatic rings. The second-order valence-electron chi connectivity index (χ2n) is 3.50. The van der Waals surface area contributed by atoms with Crippen LogP contribution in [0.5, 0.6) is 0 Å². The van der Waals surface area contributed by atoms with Gasteiger partial charge in [-0.1, -0.05) is 13.5 Å². The van der Waals surface area contributed by atoms with Gasteiger partial charge in [-0.05, 0) is 6.92 Å². The van der Waals surface area contributed by atoms with Gasteiger partial charge in [0.15, 0.2) is 9.84 Å². The van der Waals surface area contributed by atoms with Crippen molar-refractivity contribution in [1.82, 2.24) is 0 Å². The summed E-state index contributed by atoms with van der Waals surface area (Å²) in [6.07, 6.45) is 0.977. The molecule has 0 aliphatic rings. The zero-order valence-electron chi connectivity index (χ0n) is 11.0. The fourth-order valence-corrected chi connectivity index (χ4v) is 1.42. The van der Waals surface area contributed by atoms with E-state index >= 15 is 0 Å². The van der Waals surface area contributed by atoms with Crippen molar-refractivity contribution in [2.45, 2.75) is 20.3 Å². The maximum absolute atomic E-state index is 11.2. The van der Waals surface area contributed by atoms with E-state index in [1.165, 1.54) is 6.92 Å². The second-order valence-corrected chi connectivity index (χ2v) is 5.67. The topological polar surface area (TPSA) is 86.7 Å². The third-order valence-electron chi connectivity index (χ3n) is 2.03. The highest BCUT2D eigenvalue weighted by Gasteiger charge is 2.09. The number of hydrogen-bond acceptors (Lipinski definition) is 6. The van der Waals surface area contributed by atoms with Crippen LogP contribution in [0.2, 0.25) is 0 Å². The second kappa shape index (κ2) is 8.47. The number of ether oxygens (including phenoxy) is 2. The van der Waals surface area contributed by atoms with E-state index in [9.17, 15) is 18.0 Å². The quantitative estimate of drug-likeness (QED) is 0.489. The average molecular weight is 290 g/mol. The predicted molar refractivity (Wildman–Crippen MR) is 69.9 cm³/mol. The van der Waals surface area contributed by atoms with Gasteiger partial charge in [0, 0.05) is 23.5 Å². The van der Waals surface area contributed by atoms with E-state index in [4.69, 9.17) is 9.47 Å². The number of hydrogen-bond donors (Lipinski definition) is 0. The molecule has 0 aromatic heterocycles. The smallest absolute Gasteiger partial charge is 0.333 e. The first-order valence-electron chi connectivity index (χ1n) is 5.74. The van der Waals surface area contributed by atoms with Crippen molar-refractivity contribution in [2.24, 2.45) is 0 Å². The summed E-state index contributed by atoms with van der Waals surface area (Å²) in [5, 5.41) is 0.801. The molecule has 0 N–H and O–H groups in total. The van der Waals surface area contributed by atoms with E-state index in [1.54, 1.807) is 6.92 Å². The number of carbonyl (C=O) groups excluding carboxylic acids is 2. The van der Waals surface area contributed by atoms with Crippen LogP contribution in [-0.4, -0.2) is 39.3 Å². The first-order valence-corrected chi connectivity index (χ1v) is 7.46. The Labute approximate surface area is 113 Å². The van der Waals surface area contributed by atoms with Crippen LogP contribution in [0.4, 0.5) is 0 Å². The van der Waals surface area contributed by atoms with Gasteiger partial charge in [0.25, 0.3) is 0 Å². The van der Waals surface area contributed by atoms with Crippen molar-refractivity contribution < 1.29 is 27.5 Å². The molecule has 0 radical (unpaired) electrons. The Balaban J connectivity index is 4.06. The number of rotatable bonds is 8. The largest absolute Gasteiger partial charge is 0.463 e. The van der Waals surface area contributed by atoms with Gasteiger partial charge in [0.2, 0.25) is 0 Å². The Morgan fingerprint density at radius 3 is 2.37 bits per heavy atom. The van der Waals surface area contributed by atoms with Gasteiger partial charge in [-0.3, -0.25) is 0 Å². The van der Waals surface area contributed by atoms with Gasteiger partial charge < -0.3 is 9.47 Å². The Morgan fingerprint density at radius 1 is 1.21 bits per heavy atom. The van der Waals surface area contributed by atoms with Crippen molar-refractivity contribution in [3.63, 3.8) is 0 Å². The van der Waals surface area contributed by atoms with Crippen molar-refractivity contribution in [3.05, 3.63) is 23.6 Å². The summed E-state index contributed by atoms with van der Waals surface area (Å²) in [5.41, 5.74) is 0.194. The molecule has 0 unspecified atom stereocenters. The molecule has 6 nitrogen and oxygen atoms in total. The molecular weight excluding hydrogens is 272 g/mol. The molecule has 0 rings (SSSR count). The van der Waals surface area contributed by atoms with Crippen LogP contribution in [-0.2, 0) is 28.9 Å². The maximum Gasteiger partial charge on any atom is 0.333 e. The van der Waals surface area contributed by atoms with Gasteiger partial charge in [-0.2, -0.15) is 0 Å². The molecule has 0 saturated carbocycles. The standard InChI is InChI=1S/C12H18O6S/c1-4-17-12(14)10(3)6-8-18-11(13)7-9-19(15,16)5-2/h7,9H,3-6,8H2,1-2H3. The zero-order chi connectivity index (χ0) is 14.9. The van der Waals surface area contributed by atoms with Crippen LogP contribution >= 0.6 is 0 Å². The molecule has 7 heteroatoms. The van der Waals surface area contributed by atoms with E-state index in [2.05, 4.69) is 6.58 Å². The Bertz CT molecular complexity index is 461. The fraction of sp³-hybridized carbons (Fsp3) is 0.500. The molecule has 0 aliphatic carbocycles. The molecule has 0 fully saturated rings. The van der Waals surface area contributed by atoms with Crippen LogP contribution < -0.4 is 0 Å².